The number of hydrogen-bond donors (Lipinski definition) is 1. The Hall–Kier alpha value is -2.57. The first-order valence-corrected chi connectivity index (χ1v) is 7.58. The van der Waals surface area contributed by atoms with E-state index in [1.54, 1.807) is 20.8 Å². The maximum atomic E-state index is 11.8. The van der Waals surface area contributed by atoms with Crippen LogP contribution in [0.15, 0.2) is 30.3 Å². The molecule has 1 aromatic carbocycles. The number of likely N-dealkylation sites (N-methyl/N-ethyl adjacent to an activating group) is 1. The van der Waals surface area contributed by atoms with E-state index in [-0.39, 0.29) is 25.5 Å². The van der Waals surface area contributed by atoms with Crippen molar-refractivity contribution in [3.63, 3.8) is 0 Å². The lowest BCUT2D eigenvalue weighted by molar-refractivity contribution is -0.118. The molecule has 1 rings (SSSR count). The zero-order chi connectivity index (χ0) is 18.2. The van der Waals surface area contributed by atoms with Gasteiger partial charge in [-0.05, 0) is 26.3 Å². The maximum Gasteiger partial charge on any atom is 0.410 e. The number of Topliss-reactive ketones (excluding diaryl/α,β-unsaturated/α-hetero) is 1. The zero-order valence-electron chi connectivity index (χ0n) is 14.5. The van der Waals surface area contributed by atoms with Gasteiger partial charge in [-0.1, -0.05) is 30.3 Å². The molecule has 0 heterocycles. The van der Waals surface area contributed by atoms with Gasteiger partial charge in [0.2, 0.25) is 0 Å². The Bertz CT molecular complexity index is 566. The van der Waals surface area contributed by atoms with Gasteiger partial charge >= 0.3 is 12.2 Å². The number of hydrogen-bond acceptors (Lipinski definition) is 5. The highest BCUT2D eigenvalue weighted by Crippen LogP contribution is 2.06. The Morgan fingerprint density at radius 2 is 1.75 bits per heavy atom. The summed E-state index contributed by atoms with van der Waals surface area (Å²) in [6.45, 7) is 4.93. The molecule has 0 unspecified atom stereocenters. The van der Waals surface area contributed by atoms with Gasteiger partial charge in [-0.2, -0.15) is 0 Å². The van der Waals surface area contributed by atoms with Crippen LogP contribution >= 0.6 is 0 Å². The average molecular weight is 336 g/mol. The number of amides is 2. The molecule has 0 aliphatic heterocycles. The van der Waals surface area contributed by atoms with Crippen molar-refractivity contribution in [2.24, 2.45) is 0 Å². The minimum absolute atomic E-state index is 0.133. The zero-order valence-corrected chi connectivity index (χ0v) is 14.5. The van der Waals surface area contributed by atoms with Gasteiger partial charge in [-0.15, -0.1) is 0 Å². The lowest BCUT2D eigenvalue weighted by Gasteiger charge is -2.20. The van der Waals surface area contributed by atoms with Gasteiger partial charge in [0, 0.05) is 7.05 Å². The van der Waals surface area contributed by atoms with Gasteiger partial charge in [0.05, 0.1) is 13.1 Å². The third-order valence-electron chi connectivity index (χ3n) is 2.76. The highest BCUT2D eigenvalue weighted by atomic mass is 16.6. The SMILES string of the molecule is CN(CC(=O)CNC(=O)OC(C)(C)C)C(=O)OCc1ccccc1. The van der Waals surface area contributed by atoms with Crippen molar-refractivity contribution in [2.75, 3.05) is 20.1 Å². The van der Waals surface area contributed by atoms with Crippen LogP contribution in [0, 0.1) is 0 Å². The first-order valence-electron chi connectivity index (χ1n) is 7.58. The van der Waals surface area contributed by atoms with Gasteiger partial charge in [0.15, 0.2) is 5.78 Å². The highest BCUT2D eigenvalue weighted by Gasteiger charge is 2.18. The number of nitrogens with zero attached hydrogens (tertiary/aromatic N) is 1. The minimum Gasteiger partial charge on any atom is -0.445 e. The molecule has 0 bridgehead atoms. The molecule has 7 heteroatoms. The molecule has 1 aromatic rings. The Kier molecular flexibility index (Phi) is 7.23. The quantitative estimate of drug-likeness (QED) is 0.862. The maximum absolute atomic E-state index is 11.8. The van der Waals surface area contributed by atoms with E-state index in [1.165, 1.54) is 7.05 Å². The van der Waals surface area contributed by atoms with Crippen molar-refractivity contribution in [1.29, 1.82) is 0 Å². The van der Waals surface area contributed by atoms with Crippen LogP contribution in [0.2, 0.25) is 0 Å². The number of carbonyl (C=O) groups excluding carboxylic acids is 3. The van der Waals surface area contributed by atoms with Crippen molar-refractivity contribution < 1.29 is 23.9 Å². The third-order valence-corrected chi connectivity index (χ3v) is 2.76. The second-order valence-electron chi connectivity index (χ2n) is 6.29. The van der Waals surface area contributed by atoms with Crippen LogP contribution in [-0.4, -0.2) is 48.6 Å². The number of alkyl carbamates (subject to hydrolysis) is 1. The predicted octanol–water partition coefficient (Wildman–Crippen LogP) is 2.35. The van der Waals surface area contributed by atoms with Crippen molar-refractivity contribution >= 4 is 18.0 Å². The molecule has 0 aliphatic carbocycles. The fraction of sp³-hybridized carbons (Fsp3) is 0.471. The second kappa shape index (κ2) is 8.90. The van der Waals surface area contributed by atoms with Gasteiger partial charge in [0.25, 0.3) is 0 Å². The molecule has 2 amide bonds. The summed E-state index contributed by atoms with van der Waals surface area (Å²) >= 11 is 0. The van der Waals surface area contributed by atoms with Crippen molar-refractivity contribution in [2.45, 2.75) is 33.0 Å². The predicted molar refractivity (Wildman–Crippen MR) is 88.5 cm³/mol. The van der Waals surface area contributed by atoms with Crippen LogP contribution < -0.4 is 5.32 Å². The van der Waals surface area contributed by atoms with E-state index < -0.39 is 17.8 Å². The molecule has 7 nitrogen and oxygen atoms in total. The summed E-state index contributed by atoms with van der Waals surface area (Å²) in [7, 11) is 1.46. The van der Waals surface area contributed by atoms with Gasteiger partial charge in [-0.3, -0.25) is 4.79 Å². The molecule has 0 saturated carbocycles. The molecule has 0 aromatic heterocycles. The summed E-state index contributed by atoms with van der Waals surface area (Å²) in [5.74, 6) is -0.333. The molecule has 0 radical (unpaired) electrons. The van der Waals surface area contributed by atoms with Crippen LogP contribution in [0.25, 0.3) is 0 Å². The second-order valence-corrected chi connectivity index (χ2v) is 6.29. The number of carbonyl (C=O) groups is 3. The summed E-state index contributed by atoms with van der Waals surface area (Å²) in [6, 6.07) is 9.23. The summed E-state index contributed by atoms with van der Waals surface area (Å²) in [6.07, 6.45) is -1.28. The van der Waals surface area contributed by atoms with E-state index in [1.807, 2.05) is 30.3 Å². The van der Waals surface area contributed by atoms with E-state index in [9.17, 15) is 14.4 Å². The van der Waals surface area contributed by atoms with Gasteiger partial charge in [-0.25, -0.2) is 9.59 Å². The molecule has 0 atom stereocenters. The summed E-state index contributed by atoms with van der Waals surface area (Å²) in [5, 5.41) is 2.35. The molecule has 0 aliphatic rings. The Balaban J connectivity index is 2.30. The molecule has 132 valence electrons. The van der Waals surface area contributed by atoms with Gasteiger partial charge in [0.1, 0.15) is 12.2 Å². The normalized spacial score (nSPS) is 10.7. The molecule has 0 spiro atoms. The monoisotopic (exact) mass is 336 g/mol. The first-order chi connectivity index (χ1) is 11.2. The lowest BCUT2D eigenvalue weighted by atomic mass is 10.2. The summed E-state index contributed by atoms with van der Waals surface area (Å²) in [5.41, 5.74) is 0.225. The Morgan fingerprint density at radius 1 is 1.12 bits per heavy atom. The lowest BCUT2D eigenvalue weighted by Crippen LogP contribution is -2.40. The van der Waals surface area contributed by atoms with Crippen LogP contribution in [0.1, 0.15) is 26.3 Å². The standard InChI is InChI=1S/C17H24N2O5/c1-17(2,3)24-15(21)18-10-14(20)11-19(4)16(22)23-12-13-8-6-5-7-9-13/h5-9H,10-12H2,1-4H3,(H,18,21). The van der Waals surface area contributed by atoms with E-state index in [4.69, 9.17) is 9.47 Å². The van der Waals surface area contributed by atoms with Crippen LogP contribution in [0.5, 0.6) is 0 Å². The number of ketones is 1. The number of benzene rings is 1. The molecule has 1 N–H and O–H groups in total. The summed E-state index contributed by atoms with van der Waals surface area (Å²) in [4.78, 5) is 36.2. The van der Waals surface area contributed by atoms with Crippen LogP contribution in [0.3, 0.4) is 0 Å². The number of rotatable bonds is 6. The van der Waals surface area contributed by atoms with Gasteiger partial charge < -0.3 is 19.7 Å². The molecular weight excluding hydrogens is 312 g/mol. The fourth-order valence-electron chi connectivity index (χ4n) is 1.70. The molecule has 0 fully saturated rings. The van der Waals surface area contributed by atoms with Crippen molar-refractivity contribution in [1.82, 2.24) is 10.2 Å². The molecule has 24 heavy (non-hydrogen) atoms. The van der Waals surface area contributed by atoms with E-state index >= 15 is 0 Å². The topological polar surface area (TPSA) is 84.9 Å². The minimum atomic E-state index is -0.676. The van der Waals surface area contributed by atoms with E-state index in [2.05, 4.69) is 5.32 Å². The van der Waals surface area contributed by atoms with Crippen LogP contribution in [0.4, 0.5) is 9.59 Å². The molecular formula is C17H24N2O5. The van der Waals surface area contributed by atoms with Crippen molar-refractivity contribution in [3.05, 3.63) is 35.9 Å². The van der Waals surface area contributed by atoms with Crippen molar-refractivity contribution in [3.8, 4) is 0 Å². The molecule has 0 saturated heterocycles. The average Bonchev–Trinajstić information content (AvgIpc) is 2.50. The van der Waals surface area contributed by atoms with Crippen LogP contribution in [-0.2, 0) is 20.9 Å². The van der Waals surface area contributed by atoms with E-state index in [0.29, 0.717) is 0 Å². The third kappa shape index (κ3) is 8.17. The first kappa shape index (κ1) is 19.5. The largest absolute Gasteiger partial charge is 0.445 e. The van der Waals surface area contributed by atoms with E-state index in [0.717, 1.165) is 10.5 Å². The number of ether oxygens (including phenoxy) is 2. The Labute approximate surface area is 141 Å². The highest BCUT2D eigenvalue weighted by molar-refractivity contribution is 5.87. The fourth-order valence-corrected chi connectivity index (χ4v) is 1.70. The summed E-state index contributed by atoms with van der Waals surface area (Å²) < 4.78 is 10.1. The Morgan fingerprint density at radius 3 is 2.33 bits per heavy atom. The number of nitrogens with one attached hydrogen (secondary N) is 1. The smallest absolute Gasteiger partial charge is 0.410 e.